The monoisotopic (exact) mass is 368 g/mol. The Hall–Kier alpha value is -1.92. The summed E-state index contributed by atoms with van der Waals surface area (Å²) >= 11 is 9.32. The Kier molecular flexibility index (Phi) is 4.59. The molecule has 0 heterocycles. The number of benzene rings is 2. The summed E-state index contributed by atoms with van der Waals surface area (Å²) in [6.07, 6.45) is 0. The van der Waals surface area contributed by atoms with Crippen LogP contribution in [-0.2, 0) is 0 Å². The van der Waals surface area contributed by atoms with Gasteiger partial charge in [0.25, 0.3) is 11.6 Å². The number of nitrogens with one attached hydrogen (secondary N) is 1. The molecule has 0 saturated heterocycles. The molecule has 108 valence electrons. The maximum atomic E-state index is 12.2. The van der Waals surface area contributed by atoms with E-state index in [1.54, 1.807) is 12.1 Å². The fourth-order valence-corrected chi connectivity index (χ4v) is 2.30. The van der Waals surface area contributed by atoms with Crippen molar-refractivity contribution in [3.63, 3.8) is 0 Å². The van der Waals surface area contributed by atoms with Gasteiger partial charge in [-0.15, -0.1) is 0 Å². The molecule has 0 spiro atoms. The van der Waals surface area contributed by atoms with Crippen LogP contribution in [0.5, 0.6) is 0 Å². The summed E-state index contributed by atoms with van der Waals surface area (Å²) in [7, 11) is 0. The summed E-state index contributed by atoms with van der Waals surface area (Å²) in [6, 6.07) is 9.15. The van der Waals surface area contributed by atoms with Crippen LogP contribution in [0.4, 0.5) is 11.4 Å². The van der Waals surface area contributed by atoms with E-state index in [4.69, 9.17) is 11.6 Å². The van der Waals surface area contributed by atoms with Crippen molar-refractivity contribution in [3.8, 4) is 0 Å². The molecular formula is C14H10BrClN2O3. The van der Waals surface area contributed by atoms with E-state index in [2.05, 4.69) is 21.2 Å². The number of aryl methyl sites for hydroxylation is 1. The molecule has 2 rings (SSSR count). The lowest BCUT2D eigenvalue weighted by Gasteiger charge is -2.10. The molecule has 0 aliphatic rings. The minimum Gasteiger partial charge on any atom is -0.321 e. The fourth-order valence-electron chi connectivity index (χ4n) is 1.73. The Labute approximate surface area is 134 Å². The topological polar surface area (TPSA) is 72.2 Å². The molecule has 0 atom stereocenters. The van der Waals surface area contributed by atoms with Crippen molar-refractivity contribution >= 4 is 44.8 Å². The van der Waals surface area contributed by atoms with Gasteiger partial charge in [0.1, 0.15) is 0 Å². The zero-order chi connectivity index (χ0) is 15.6. The Morgan fingerprint density at radius 1 is 1.33 bits per heavy atom. The Morgan fingerprint density at radius 2 is 2.05 bits per heavy atom. The summed E-state index contributed by atoms with van der Waals surface area (Å²) < 4.78 is 0.750. The van der Waals surface area contributed by atoms with E-state index in [1.165, 1.54) is 12.1 Å². The van der Waals surface area contributed by atoms with E-state index in [9.17, 15) is 14.9 Å². The molecule has 0 radical (unpaired) electrons. The van der Waals surface area contributed by atoms with Gasteiger partial charge in [-0.1, -0.05) is 23.7 Å². The highest BCUT2D eigenvalue weighted by molar-refractivity contribution is 9.10. The van der Waals surface area contributed by atoms with Crippen molar-refractivity contribution in [2.75, 3.05) is 5.32 Å². The smallest absolute Gasteiger partial charge is 0.270 e. The van der Waals surface area contributed by atoms with Crippen molar-refractivity contribution in [3.05, 3.63) is 67.1 Å². The van der Waals surface area contributed by atoms with Crippen molar-refractivity contribution < 1.29 is 9.72 Å². The molecule has 0 saturated carbocycles. The minimum absolute atomic E-state index is 0.0549. The van der Waals surface area contributed by atoms with Gasteiger partial charge in [-0.3, -0.25) is 14.9 Å². The third-order valence-electron chi connectivity index (χ3n) is 2.85. The van der Waals surface area contributed by atoms with Crippen molar-refractivity contribution in [2.45, 2.75) is 6.92 Å². The van der Waals surface area contributed by atoms with Gasteiger partial charge in [0.2, 0.25) is 0 Å². The van der Waals surface area contributed by atoms with Crippen LogP contribution in [0.2, 0.25) is 5.02 Å². The van der Waals surface area contributed by atoms with E-state index in [-0.39, 0.29) is 16.3 Å². The standard InChI is InChI=1S/C14H10BrClN2O3/c1-8-3-2-4-12(13(8)15)17-14(19)10-7-9(18(20)21)5-6-11(10)16/h2-7H,1H3,(H,17,19). The first kappa shape index (κ1) is 15.5. The average Bonchev–Trinajstić information content (AvgIpc) is 2.44. The van der Waals surface area contributed by atoms with E-state index in [1.807, 2.05) is 13.0 Å². The van der Waals surface area contributed by atoms with Gasteiger partial charge in [0, 0.05) is 16.6 Å². The predicted octanol–water partition coefficient (Wildman–Crippen LogP) is 4.57. The van der Waals surface area contributed by atoms with Crippen LogP contribution in [-0.4, -0.2) is 10.8 Å². The largest absolute Gasteiger partial charge is 0.321 e. The first-order chi connectivity index (χ1) is 9.90. The highest BCUT2D eigenvalue weighted by atomic mass is 79.9. The molecule has 7 heteroatoms. The summed E-state index contributed by atoms with van der Waals surface area (Å²) in [5.41, 5.74) is 1.40. The zero-order valence-corrected chi connectivity index (χ0v) is 13.2. The van der Waals surface area contributed by atoms with Crippen LogP contribution in [0.1, 0.15) is 15.9 Å². The number of amides is 1. The molecule has 0 bridgehead atoms. The van der Waals surface area contributed by atoms with E-state index in [0.717, 1.165) is 16.1 Å². The van der Waals surface area contributed by atoms with Gasteiger partial charge >= 0.3 is 0 Å². The lowest BCUT2D eigenvalue weighted by Crippen LogP contribution is -2.13. The number of halogens is 2. The second kappa shape index (κ2) is 6.24. The molecule has 2 aromatic carbocycles. The molecule has 1 N–H and O–H groups in total. The second-order valence-corrected chi connectivity index (χ2v) is 5.51. The van der Waals surface area contributed by atoms with Crippen LogP contribution in [0.15, 0.2) is 40.9 Å². The summed E-state index contributed by atoms with van der Waals surface area (Å²) in [4.78, 5) is 22.4. The van der Waals surface area contributed by atoms with Crippen molar-refractivity contribution in [2.24, 2.45) is 0 Å². The fraction of sp³-hybridized carbons (Fsp3) is 0.0714. The third-order valence-corrected chi connectivity index (χ3v) is 4.23. The maximum Gasteiger partial charge on any atom is 0.270 e. The van der Waals surface area contributed by atoms with Crippen LogP contribution in [0, 0.1) is 17.0 Å². The SMILES string of the molecule is Cc1cccc(NC(=O)c2cc([N+](=O)[O-])ccc2Cl)c1Br. The number of carbonyl (C=O) groups excluding carboxylic acids is 1. The second-order valence-electron chi connectivity index (χ2n) is 4.31. The minimum atomic E-state index is -0.574. The van der Waals surface area contributed by atoms with Crippen LogP contribution >= 0.6 is 27.5 Å². The van der Waals surface area contributed by atoms with Gasteiger partial charge in [-0.05, 0) is 40.5 Å². The number of nitro groups is 1. The third kappa shape index (κ3) is 3.40. The van der Waals surface area contributed by atoms with Crippen LogP contribution in [0.25, 0.3) is 0 Å². The Bertz CT molecular complexity index is 734. The molecule has 1 amide bonds. The number of non-ortho nitro benzene ring substituents is 1. The van der Waals surface area contributed by atoms with Crippen molar-refractivity contribution in [1.82, 2.24) is 0 Å². The molecule has 0 fully saturated rings. The molecule has 0 aromatic heterocycles. The summed E-state index contributed by atoms with van der Waals surface area (Å²) in [5, 5.41) is 13.6. The van der Waals surface area contributed by atoms with Gasteiger partial charge in [0.15, 0.2) is 0 Å². The maximum absolute atomic E-state index is 12.2. The number of carbonyl (C=O) groups is 1. The van der Waals surface area contributed by atoms with Gasteiger partial charge in [-0.25, -0.2) is 0 Å². The lowest BCUT2D eigenvalue weighted by molar-refractivity contribution is -0.384. The number of nitrogens with zero attached hydrogens (tertiary/aromatic N) is 1. The molecule has 0 aliphatic heterocycles. The van der Waals surface area contributed by atoms with Gasteiger partial charge in [0.05, 0.1) is 21.2 Å². The summed E-state index contributed by atoms with van der Waals surface area (Å²) in [5.74, 6) is -0.505. The molecular weight excluding hydrogens is 360 g/mol. The number of nitro benzene ring substituents is 1. The molecule has 0 aliphatic carbocycles. The first-order valence-electron chi connectivity index (χ1n) is 5.90. The molecule has 21 heavy (non-hydrogen) atoms. The quantitative estimate of drug-likeness (QED) is 0.636. The van der Waals surface area contributed by atoms with Gasteiger partial charge in [-0.2, -0.15) is 0 Å². The van der Waals surface area contributed by atoms with Gasteiger partial charge < -0.3 is 5.32 Å². The predicted molar refractivity (Wildman–Crippen MR) is 84.9 cm³/mol. The first-order valence-corrected chi connectivity index (χ1v) is 7.07. The number of hydrogen-bond acceptors (Lipinski definition) is 3. The number of anilines is 1. The normalized spacial score (nSPS) is 10.2. The highest BCUT2D eigenvalue weighted by Crippen LogP contribution is 2.28. The molecule has 2 aromatic rings. The summed E-state index contributed by atoms with van der Waals surface area (Å²) in [6.45, 7) is 1.89. The van der Waals surface area contributed by atoms with Crippen LogP contribution in [0.3, 0.4) is 0 Å². The Morgan fingerprint density at radius 3 is 2.71 bits per heavy atom. The zero-order valence-electron chi connectivity index (χ0n) is 10.9. The number of hydrogen-bond donors (Lipinski definition) is 1. The molecule has 0 unspecified atom stereocenters. The lowest BCUT2D eigenvalue weighted by atomic mass is 10.1. The van der Waals surface area contributed by atoms with Crippen LogP contribution < -0.4 is 5.32 Å². The van der Waals surface area contributed by atoms with E-state index in [0.29, 0.717) is 5.69 Å². The average molecular weight is 370 g/mol. The number of rotatable bonds is 3. The highest BCUT2D eigenvalue weighted by Gasteiger charge is 2.17. The Balaban J connectivity index is 2.34. The van der Waals surface area contributed by atoms with Crippen molar-refractivity contribution in [1.29, 1.82) is 0 Å². The van der Waals surface area contributed by atoms with E-state index < -0.39 is 10.8 Å². The molecule has 5 nitrogen and oxygen atoms in total. The van der Waals surface area contributed by atoms with E-state index >= 15 is 0 Å².